The molecule has 1 fully saturated rings. The third-order valence-electron chi connectivity index (χ3n) is 4.71. The lowest BCUT2D eigenvalue weighted by Crippen LogP contribution is -2.13. The Kier molecular flexibility index (Phi) is 6.87. The van der Waals surface area contributed by atoms with Crippen LogP contribution in [0.3, 0.4) is 0 Å². The van der Waals surface area contributed by atoms with E-state index in [-0.39, 0.29) is 5.82 Å². The van der Waals surface area contributed by atoms with Crippen molar-refractivity contribution in [2.24, 2.45) is 5.73 Å². The number of aromatic nitrogens is 1. The number of anilines is 1. The maximum absolute atomic E-state index is 13.0. The Morgan fingerprint density at radius 2 is 1.93 bits per heavy atom. The molecule has 2 aromatic carbocycles. The molecule has 1 aliphatic rings. The Balaban J connectivity index is 0.000000170. The largest absolute Gasteiger partial charge is 0.497 e. The Morgan fingerprint density at radius 3 is 2.59 bits per heavy atom. The first kappa shape index (κ1) is 20.9. The number of primary amides is 1. The number of carbonyl (C=O) groups is 1. The number of nitrogens with two attached hydrogens (primary N) is 1. The summed E-state index contributed by atoms with van der Waals surface area (Å²) in [5.74, 6) is 0.308. The lowest BCUT2D eigenvalue weighted by molar-refractivity contribution is 0.0997. The Labute approximate surface area is 172 Å². The lowest BCUT2D eigenvalue weighted by Gasteiger charge is -2.09. The molecule has 1 saturated carbocycles. The summed E-state index contributed by atoms with van der Waals surface area (Å²) in [4.78, 5) is 15.4. The number of halogens is 1. The zero-order valence-corrected chi connectivity index (χ0v) is 17.2. The first-order chi connectivity index (χ1) is 14.0. The van der Waals surface area contributed by atoms with Crippen molar-refractivity contribution >= 4 is 32.6 Å². The number of hydrogen-bond acceptors (Lipinski definition) is 6. The van der Waals surface area contributed by atoms with Crippen molar-refractivity contribution in [2.45, 2.75) is 31.7 Å². The van der Waals surface area contributed by atoms with Gasteiger partial charge in [0.25, 0.3) is 5.91 Å². The number of benzene rings is 2. The minimum Gasteiger partial charge on any atom is -0.497 e. The van der Waals surface area contributed by atoms with Crippen LogP contribution in [0.15, 0.2) is 36.4 Å². The van der Waals surface area contributed by atoms with Gasteiger partial charge in [0.15, 0.2) is 5.13 Å². The minimum atomic E-state index is -0.532. The summed E-state index contributed by atoms with van der Waals surface area (Å²) in [6.07, 6.45) is 5.06. The predicted octanol–water partition coefficient (Wildman–Crippen LogP) is 4.59. The molecule has 0 radical (unpaired) electrons. The summed E-state index contributed by atoms with van der Waals surface area (Å²) < 4.78 is 23.8. The standard InChI is InChI=1S/C12H13FN2S.C9H11NO3/c13-8-5-6-10-11(7-8)16-12(15-10)14-9-3-1-2-4-9;1-12-6-3-4-8(13-2)7(5-6)9(10)11/h5-7,9H,1-4H2,(H,14,15);3-5H,1-2H3,(H2,10,11). The van der Waals surface area contributed by atoms with Crippen LogP contribution < -0.4 is 20.5 Å². The molecule has 0 aliphatic heterocycles. The summed E-state index contributed by atoms with van der Waals surface area (Å²) in [5, 5.41) is 4.36. The molecule has 0 saturated heterocycles. The molecule has 1 heterocycles. The zero-order valence-electron chi connectivity index (χ0n) is 16.4. The molecular formula is C21H24FN3O3S. The third-order valence-corrected chi connectivity index (χ3v) is 5.65. The molecular weight excluding hydrogens is 393 g/mol. The normalized spacial score (nSPS) is 13.6. The highest BCUT2D eigenvalue weighted by molar-refractivity contribution is 7.22. The molecule has 1 aliphatic carbocycles. The average Bonchev–Trinajstić information content (AvgIpc) is 3.37. The van der Waals surface area contributed by atoms with Crippen molar-refractivity contribution < 1.29 is 18.7 Å². The minimum absolute atomic E-state index is 0.191. The Morgan fingerprint density at radius 1 is 1.17 bits per heavy atom. The molecule has 0 spiro atoms. The summed E-state index contributed by atoms with van der Waals surface area (Å²) >= 11 is 1.54. The van der Waals surface area contributed by atoms with Crippen molar-refractivity contribution in [2.75, 3.05) is 19.5 Å². The number of hydrogen-bond donors (Lipinski definition) is 2. The van der Waals surface area contributed by atoms with Gasteiger partial charge in [-0.25, -0.2) is 9.37 Å². The quantitative estimate of drug-likeness (QED) is 0.634. The number of carbonyl (C=O) groups excluding carboxylic acids is 1. The van der Waals surface area contributed by atoms with Crippen LogP contribution >= 0.6 is 11.3 Å². The molecule has 0 atom stereocenters. The van der Waals surface area contributed by atoms with Gasteiger partial charge >= 0.3 is 0 Å². The zero-order chi connectivity index (χ0) is 20.8. The summed E-state index contributed by atoms with van der Waals surface area (Å²) in [5.41, 5.74) is 6.34. The van der Waals surface area contributed by atoms with Gasteiger partial charge in [-0.1, -0.05) is 24.2 Å². The lowest BCUT2D eigenvalue weighted by atomic mass is 10.2. The summed E-state index contributed by atoms with van der Waals surface area (Å²) in [7, 11) is 3.00. The van der Waals surface area contributed by atoms with Crippen LogP contribution in [0.4, 0.5) is 9.52 Å². The van der Waals surface area contributed by atoms with Gasteiger partial charge in [0.05, 0.1) is 30.0 Å². The van der Waals surface area contributed by atoms with E-state index in [4.69, 9.17) is 15.2 Å². The fourth-order valence-corrected chi connectivity index (χ4v) is 4.18. The van der Waals surface area contributed by atoms with Crippen molar-refractivity contribution in [3.05, 3.63) is 47.8 Å². The molecule has 3 aromatic rings. The van der Waals surface area contributed by atoms with Crippen molar-refractivity contribution in [1.82, 2.24) is 4.98 Å². The van der Waals surface area contributed by atoms with Crippen LogP contribution in [0, 0.1) is 5.82 Å². The first-order valence-electron chi connectivity index (χ1n) is 9.34. The monoisotopic (exact) mass is 417 g/mol. The predicted molar refractivity (Wildman–Crippen MR) is 114 cm³/mol. The highest BCUT2D eigenvalue weighted by Gasteiger charge is 2.16. The number of rotatable bonds is 5. The number of methoxy groups -OCH3 is 2. The maximum atomic E-state index is 13.0. The van der Waals surface area contributed by atoms with Gasteiger partial charge in [0.1, 0.15) is 17.3 Å². The van der Waals surface area contributed by atoms with E-state index in [1.165, 1.54) is 57.3 Å². The Hall–Kier alpha value is -2.87. The van der Waals surface area contributed by atoms with E-state index in [2.05, 4.69) is 10.3 Å². The maximum Gasteiger partial charge on any atom is 0.252 e. The van der Waals surface area contributed by atoms with Crippen molar-refractivity contribution in [3.8, 4) is 11.5 Å². The van der Waals surface area contributed by atoms with Gasteiger partial charge in [0, 0.05) is 6.04 Å². The molecule has 8 heteroatoms. The molecule has 6 nitrogen and oxygen atoms in total. The molecule has 1 amide bonds. The number of thiazole rings is 1. The van der Waals surface area contributed by atoms with Crippen LogP contribution in [-0.2, 0) is 0 Å². The van der Waals surface area contributed by atoms with E-state index >= 15 is 0 Å². The molecule has 154 valence electrons. The second-order valence-electron chi connectivity index (χ2n) is 6.69. The van der Waals surface area contributed by atoms with Crippen LogP contribution in [0.1, 0.15) is 36.0 Å². The molecule has 29 heavy (non-hydrogen) atoms. The molecule has 1 aromatic heterocycles. The van der Waals surface area contributed by atoms with Gasteiger partial charge in [-0.15, -0.1) is 0 Å². The Bertz CT molecular complexity index is 986. The van der Waals surface area contributed by atoms with E-state index in [0.717, 1.165) is 15.3 Å². The fraction of sp³-hybridized carbons (Fsp3) is 0.333. The molecule has 3 N–H and O–H groups in total. The molecule has 0 bridgehead atoms. The van der Waals surface area contributed by atoms with E-state index < -0.39 is 5.91 Å². The molecule has 0 unspecified atom stereocenters. The van der Waals surface area contributed by atoms with E-state index in [1.54, 1.807) is 30.3 Å². The number of ether oxygens (including phenoxy) is 2. The highest BCUT2D eigenvalue weighted by atomic mass is 32.1. The van der Waals surface area contributed by atoms with Gasteiger partial charge < -0.3 is 20.5 Å². The SMILES string of the molecule is COc1ccc(OC)c(C(N)=O)c1.Fc1ccc2nc(NC3CCCC3)sc2c1. The van der Waals surface area contributed by atoms with Crippen LogP contribution in [0.5, 0.6) is 11.5 Å². The second kappa shape index (κ2) is 9.56. The summed E-state index contributed by atoms with van der Waals surface area (Å²) in [6.45, 7) is 0. The second-order valence-corrected chi connectivity index (χ2v) is 7.72. The molecule has 4 rings (SSSR count). The smallest absolute Gasteiger partial charge is 0.252 e. The van der Waals surface area contributed by atoms with Crippen LogP contribution in [0.25, 0.3) is 10.2 Å². The van der Waals surface area contributed by atoms with Crippen LogP contribution in [-0.4, -0.2) is 31.2 Å². The highest BCUT2D eigenvalue weighted by Crippen LogP contribution is 2.29. The van der Waals surface area contributed by atoms with E-state index in [1.807, 2.05) is 0 Å². The van der Waals surface area contributed by atoms with Gasteiger partial charge in [0.2, 0.25) is 0 Å². The number of nitrogens with one attached hydrogen (secondary N) is 1. The van der Waals surface area contributed by atoms with Gasteiger partial charge in [-0.05, 0) is 49.2 Å². The fourth-order valence-electron chi connectivity index (χ4n) is 3.21. The van der Waals surface area contributed by atoms with Crippen LogP contribution in [0.2, 0.25) is 0 Å². The number of fused-ring (bicyclic) bond motifs is 1. The third kappa shape index (κ3) is 5.35. The number of amides is 1. The van der Waals surface area contributed by atoms with E-state index in [9.17, 15) is 9.18 Å². The van der Waals surface area contributed by atoms with Gasteiger partial charge in [-0.3, -0.25) is 4.79 Å². The first-order valence-corrected chi connectivity index (χ1v) is 10.2. The average molecular weight is 418 g/mol. The number of nitrogens with zero attached hydrogens (tertiary/aromatic N) is 1. The van der Waals surface area contributed by atoms with Crippen molar-refractivity contribution in [3.63, 3.8) is 0 Å². The van der Waals surface area contributed by atoms with E-state index in [0.29, 0.717) is 23.1 Å². The topological polar surface area (TPSA) is 86.5 Å². The van der Waals surface area contributed by atoms with Crippen molar-refractivity contribution in [1.29, 1.82) is 0 Å². The van der Waals surface area contributed by atoms with Gasteiger partial charge in [-0.2, -0.15) is 0 Å². The summed E-state index contributed by atoms with van der Waals surface area (Å²) in [6, 6.07) is 10.2.